The highest BCUT2D eigenvalue weighted by Crippen LogP contribution is 2.18. The number of hydrogen-bond donors (Lipinski definition) is 1. The third-order valence-corrected chi connectivity index (χ3v) is 5.21. The Hall–Kier alpha value is -2.73. The molecule has 6 nitrogen and oxygen atoms in total. The highest BCUT2D eigenvalue weighted by atomic mass is 16.1. The minimum Gasteiger partial charge on any atom is -0.348 e. The highest BCUT2D eigenvalue weighted by molar-refractivity contribution is 5.97. The molecule has 1 amide bonds. The molecule has 1 unspecified atom stereocenters. The molecule has 2 aromatic heterocycles. The number of rotatable bonds is 4. The van der Waals surface area contributed by atoms with Crippen molar-refractivity contribution in [1.82, 2.24) is 25.0 Å². The fraction of sp³-hybridized carbons (Fsp3) is 0.381. The monoisotopic (exact) mass is 363 g/mol. The van der Waals surface area contributed by atoms with Crippen molar-refractivity contribution in [2.24, 2.45) is 7.05 Å². The van der Waals surface area contributed by atoms with Gasteiger partial charge in [-0.3, -0.25) is 14.4 Å². The molecule has 3 heterocycles. The molecule has 0 aliphatic carbocycles. The summed E-state index contributed by atoms with van der Waals surface area (Å²) in [6, 6.07) is 12.5. The Kier molecular flexibility index (Phi) is 4.90. The van der Waals surface area contributed by atoms with Crippen LogP contribution in [0.3, 0.4) is 0 Å². The Morgan fingerprint density at radius 3 is 2.93 bits per heavy atom. The maximum atomic E-state index is 12.7. The fourth-order valence-electron chi connectivity index (χ4n) is 3.86. The lowest BCUT2D eigenvalue weighted by Gasteiger charge is -2.33. The number of nitrogens with one attached hydrogen (secondary N) is 1. The second kappa shape index (κ2) is 7.48. The van der Waals surface area contributed by atoms with Gasteiger partial charge >= 0.3 is 0 Å². The summed E-state index contributed by atoms with van der Waals surface area (Å²) in [4.78, 5) is 19.6. The molecule has 3 aromatic rings. The maximum Gasteiger partial charge on any atom is 0.253 e. The Labute approximate surface area is 159 Å². The normalized spacial score (nSPS) is 17.9. The van der Waals surface area contributed by atoms with Gasteiger partial charge in [0.15, 0.2) is 5.65 Å². The third kappa shape index (κ3) is 3.85. The van der Waals surface area contributed by atoms with E-state index in [-0.39, 0.29) is 11.9 Å². The van der Waals surface area contributed by atoms with Crippen molar-refractivity contribution < 1.29 is 4.79 Å². The smallest absolute Gasteiger partial charge is 0.253 e. The van der Waals surface area contributed by atoms with Crippen LogP contribution in [0.4, 0.5) is 0 Å². The van der Waals surface area contributed by atoms with Crippen molar-refractivity contribution in [2.45, 2.75) is 32.4 Å². The number of likely N-dealkylation sites (tertiary alicyclic amines) is 1. The molecule has 1 aliphatic rings. The molecule has 0 bridgehead atoms. The average molecular weight is 363 g/mol. The predicted molar refractivity (Wildman–Crippen MR) is 105 cm³/mol. The predicted octanol–water partition coefficient (Wildman–Crippen LogP) is 2.67. The van der Waals surface area contributed by atoms with Crippen LogP contribution in [-0.2, 0) is 13.6 Å². The Bertz CT molecular complexity index is 950. The Morgan fingerprint density at radius 1 is 1.30 bits per heavy atom. The molecule has 1 aliphatic heterocycles. The van der Waals surface area contributed by atoms with Gasteiger partial charge in [0.05, 0.1) is 11.3 Å². The van der Waals surface area contributed by atoms with E-state index in [1.807, 2.05) is 26.1 Å². The summed E-state index contributed by atoms with van der Waals surface area (Å²) >= 11 is 0. The molecule has 1 aromatic carbocycles. The summed E-state index contributed by atoms with van der Waals surface area (Å²) in [5.74, 6) is -0.0563. The van der Waals surface area contributed by atoms with Crippen LogP contribution in [0.25, 0.3) is 11.0 Å². The SMILES string of the molecule is Cc1nn(C)c2ncc(C(=O)NC3CCCN(Cc4ccccc4)C3)cc12. The highest BCUT2D eigenvalue weighted by Gasteiger charge is 2.22. The summed E-state index contributed by atoms with van der Waals surface area (Å²) in [6.07, 6.45) is 3.75. The van der Waals surface area contributed by atoms with Crippen molar-refractivity contribution in [2.75, 3.05) is 13.1 Å². The summed E-state index contributed by atoms with van der Waals surface area (Å²) in [5, 5.41) is 8.50. The maximum absolute atomic E-state index is 12.7. The fourth-order valence-corrected chi connectivity index (χ4v) is 3.86. The summed E-state index contributed by atoms with van der Waals surface area (Å²) < 4.78 is 1.74. The van der Waals surface area contributed by atoms with Crippen LogP contribution in [0.5, 0.6) is 0 Å². The van der Waals surface area contributed by atoms with Crippen molar-refractivity contribution in [1.29, 1.82) is 0 Å². The van der Waals surface area contributed by atoms with E-state index >= 15 is 0 Å². The zero-order valence-corrected chi connectivity index (χ0v) is 15.9. The van der Waals surface area contributed by atoms with Crippen LogP contribution in [-0.4, -0.2) is 44.7 Å². The van der Waals surface area contributed by atoms with E-state index in [9.17, 15) is 4.79 Å². The number of carbonyl (C=O) groups excluding carboxylic acids is 1. The summed E-state index contributed by atoms with van der Waals surface area (Å²) in [7, 11) is 1.87. The molecular weight excluding hydrogens is 338 g/mol. The topological polar surface area (TPSA) is 63.1 Å². The van der Waals surface area contributed by atoms with Gasteiger partial charge in [0.1, 0.15) is 0 Å². The number of pyridine rings is 1. The van der Waals surface area contributed by atoms with Gasteiger partial charge in [-0.15, -0.1) is 0 Å². The van der Waals surface area contributed by atoms with Crippen molar-refractivity contribution >= 4 is 16.9 Å². The molecule has 4 rings (SSSR count). The molecule has 0 saturated carbocycles. The van der Waals surface area contributed by atoms with Crippen LogP contribution >= 0.6 is 0 Å². The van der Waals surface area contributed by atoms with Gasteiger partial charge in [-0.25, -0.2) is 4.98 Å². The first-order valence-electron chi connectivity index (χ1n) is 9.46. The molecule has 0 spiro atoms. The number of fused-ring (bicyclic) bond motifs is 1. The molecule has 1 saturated heterocycles. The summed E-state index contributed by atoms with van der Waals surface area (Å²) in [5.41, 5.74) is 3.60. The lowest BCUT2D eigenvalue weighted by molar-refractivity contribution is 0.0900. The van der Waals surface area contributed by atoms with E-state index in [1.165, 1.54) is 5.56 Å². The number of amides is 1. The molecule has 0 radical (unpaired) electrons. The van der Waals surface area contributed by atoms with E-state index in [0.717, 1.165) is 49.2 Å². The Morgan fingerprint density at radius 2 is 2.11 bits per heavy atom. The van der Waals surface area contributed by atoms with Gasteiger partial charge in [0.2, 0.25) is 0 Å². The lowest BCUT2D eigenvalue weighted by Crippen LogP contribution is -2.47. The molecule has 140 valence electrons. The number of aryl methyl sites for hydroxylation is 2. The van der Waals surface area contributed by atoms with Crippen LogP contribution in [0, 0.1) is 6.92 Å². The van der Waals surface area contributed by atoms with Crippen molar-refractivity contribution in [3.63, 3.8) is 0 Å². The number of nitrogens with zero attached hydrogens (tertiary/aromatic N) is 4. The number of piperidine rings is 1. The zero-order chi connectivity index (χ0) is 18.8. The first-order valence-corrected chi connectivity index (χ1v) is 9.46. The van der Waals surface area contributed by atoms with Crippen molar-refractivity contribution in [3.8, 4) is 0 Å². The standard InChI is InChI=1S/C21H25N5O/c1-15-19-11-17(12-22-20(19)25(2)24-15)21(27)23-18-9-6-10-26(14-18)13-16-7-4-3-5-8-16/h3-5,7-8,11-12,18H,6,9-10,13-14H2,1-2H3,(H,23,27). The van der Waals surface area contributed by atoms with E-state index in [4.69, 9.17) is 0 Å². The van der Waals surface area contributed by atoms with E-state index in [0.29, 0.717) is 5.56 Å². The molecule has 1 atom stereocenters. The van der Waals surface area contributed by atoms with E-state index in [1.54, 1.807) is 10.9 Å². The van der Waals surface area contributed by atoms with Crippen molar-refractivity contribution in [3.05, 3.63) is 59.4 Å². The van der Waals surface area contributed by atoms with Crippen LogP contribution in [0.1, 0.15) is 34.5 Å². The molecule has 27 heavy (non-hydrogen) atoms. The molecule has 1 fully saturated rings. The number of aromatic nitrogens is 3. The quantitative estimate of drug-likeness (QED) is 0.774. The zero-order valence-electron chi connectivity index (χ0n) is 15.9. The van der Waals surface area contributed by atoms with Crippen LogP contribution in [0.2, 0.25) is 0 Å². The van der Waals surface area contributed by atoms with Gasteiger partial charge in [-0.2, -0.15) is 5.10 Å². The second-order valence-electron chi connectivity index (χ2n) is 7.34. The molecular formula is C21H25N5O. The van der Waals surface area contributed by atoms with Crippen LogP contribution < -0.4 is 5.32 Å². The first kappa shape index (κ1) is 17.7. The van der Waals surface area contributed by atoms with E-state index < -0.39 is 0 Å². The van der Waals surface area contributed by atoms with E-state index in [2.05, 4.69) is 44.6 Å². The number of carbonyl (C=O) groups is 1. The minimum atomic E-state index is -0.0563. The third-order valence-electron chi connectivity index (χ3n) is 5.21. The Balaban J connectivity index is 1.42. The van der Waals surface area contributed by atoms with Gasteiger partial charge in [-0.1, -0.05) is 30.3 Å². The largest absolute Gasteiger partial charge is 0.348 e. The lowest BCUT2D eigenvalue weighted by atomic mass is 10.0. The number of hydrogen-bond acceptors (Lipinski definition) is 4. The van der Waals surface area contributed by atoms with Gasteiger partial charge < -0.3 is 5.32 Å². The van der Waals surface area contributed by atoms with Gasteiger partial charge in [0, 0.05) is 37.8 Å². The first-order chi connectivity index (χ1) is 13.1. The minimum absolute atomic E-state index is 0.0563. The molecule has 6 heteroatoms. The molecule has 1 N–H and O–H groups in total. The van der Waals surface area contributed by atoms with Gasteiger partial charge in [0.25, 0.3) is 5.91 Å². The van der Waals surface area contributed by atoms with Crippen LogP contribution in [0.15, 0.2) is 42.6 Å². The second-order valence-corrected chi connectivity index (χ2v) is 7.34. The summed E-state index contributed by atoms with van der Waals surface area (Å²) in [6.45, 7) is 4.82. The average Bonchev–Trinajstić information content (AvgIpc) is 2.96. The van der Waals surface area contributed by atoms with Gasteiger partial charge in [-0.05, 0) is 37.9 Å². The number of benzene rings is 1.